The summed E-state index contributed by atoms with van der Waals surface area (Å²) in [6.07, 6.45) is 0. The van der Waals surface area contributed by atoms with E-state index in [1.54, 1.807) is 54.6 Å². The summed E-state index contributed by atoms with van der Waals surface area (Å²) in [7, 11) is 0.0169. The minimum Gasteiger partial charge on any atom is -0.490 e. The van der Waals surface area contributed by atoms with Gasteiger partial charge in [0.05, 0.1) is 10.5 Å². The Bertz CT molecular complexity index is 1470. The third-order valence-corrected chi connectivity index (χ3v) is 6.90. The van der Waals surface area contributed by atoms with Crippen molar-refractivity contribution in [3.63, 3.8) is 0 Å². The van der Waals surface area contributed by atoms with Gasteiger partial charge in [-0.2, -0.15) is 0 Å². The third kappa shape index (κ3) is 5.69. The number of fused-ring (bicyclic) bond motifs is 1. The van der Waals surface area contributed by atoms with E-state index in [2.05, 4.69) is 4.72 Å². The molecule has 0 saturated heterocycles. The first-order valence-electron chi connectivity index (χ1n) is 11.2. The van der Waals surface area contributed by atoms with Gasteiger partial charge in [0.2, 0.25) is 0 Å². The number of aromatic carboxylic acids is 1. The zero-order chi connectivity index (χ0) is 25.7. The summed E-state index contributed by atoms with van der Waals surface area (Å²) in [6.45, 7) is 0.521. The lowest BCUT2D eigenvalue weighted by atomic mass is 10.1. The Kier molecular flexibility index (Phi) is 7.30. The van der Waals surface area contributed by atoms with Gasteiger partial charge in [0.1, 0.15) is 24.7 Å². The minimum atomic E-state index is -3.82. The summed E-state index contributed by atoms with van der Waals surface area (Å²) in [5.41, 5.74) is 1.54. The molecule has 4 aromatic rings. The van der Waals surface area contributed by atoms with Gasteiger partial charge in [-0.1, -0.05) is 24.3 Å². The van der Waals surface area contributed by atoms with Crippen molar-refractivity contribution in [3.8, 4) is 11.5 Å². The summed E-state index contributed by atoms with van der Waals surface area (Å²) < 4.78 is 40.2. The molecular weight excluding hydrogens is 480 g/mol. The molecule has 36 heavy (non-hydrogen) atoms. The normalized spacial score (nSPS) is 11.2. The van der Waals surface area contributed by atoms with E-state index in [1.807, 2.05) is 37.2 Å². The number of carboxylic acid groups (broad SMARTS) is 1. The molecule has 0 aromatic heterocycles. The molecule has 0 saturated carbocycles. The Hall–Kier alpha value is -4.24. The highest BCUT2D eigenvalue weighted by Crippen LogP contribution is 2.31. The Morgan fingerprint density at radius 1 is 0.806 bits per heavy atom. The number of nitrogens with one attached hydrogen (secondary N) is 1. The van der Waals surface area contributed by atoms with Crippen LogP contribution in [-0.2, 0) is 10.0 Å². The first-order valence-corrected chi connectivity index (χ1v) is 12.6. The van der Waals surface area contributed by atoms with Gasteiger partial charge < -0.3 is 19.5 Å². The predicted molar refractivity (Wildman–Crippen MR) is 140 cm³/mol. The van der Waals surface area contributed by atoms with Crippen LogP contribution in [0.3, 0.4) is 0 Å². The van der Waals surface area contributed by atoms with Crippen LogP contribution in [0.25, 0.3) is 10.8 Å². The van der Waals surface area contributed by atoms with E-state index >= 15 is 0 Å². The molecule has 4 aromatic carbocycles. The number of hydrogen-bond donors (Lipinski definition) is 2. The van der Waals surface area contributed by atoms with Crippen LogP contribution in [0.4, 0.5) is 11.4 Å². The maximum Gasteiger partial charge on any atom is 0.335 e. The van der Waals surface area contributed by atoms with Gasteiger partial charge in [-0.15, -0.1) is 0 Å². The number of hydrogen-bond acceptors (Lipinski definition) is 6. The fourth-order valence-electron chi connectivity index (χ4n) is 3.73. The lowest BCUT2D eigenvalue weighted by Gasteiger charge is -2.17. The standard InChI is InChI=1S/C27H26N2O6S/c1-29(2)25-7-3-6-24-23(25)5-4-8-26(24)36(32,33)28-20-11-15-22(16-12-20)35-18-17-34-21-13-9-19(10-14-21)27(30)31/h3-16,28H,17-18H2,1-2H3,(H,30,31). The molecule has 0 fully saturated rings. The van der Waals surface area contributed by atoms with E-state index in [0.29, 0.717) is 22.6 Å². The molecule has 0 spiro atoms. The van der Waals surface area contributed by atoms with E-state index in [9.17, 15) is 13.2 Å². The van der Waals surface area contributed by atoms with Crippen LogP contribution in [0, 0.1) is 0 Å². The second-order valence-corrected chi connectivity index (χ2v) is 9.83. The number of anilines is 2. The third-order valence-electron chi connectivity index (χ3n) is 5.46. The molecule has 4 rings (SSSR count). The van der Waals surface area contributed by atoms with Gasteiger partial charge in [-0.3, -0.25) is 4.72 Å². The quantitative estimate of drug-likeness (QED) is 0.296. The van der Waals surface area contributed by atoms with Crippen LogP contribution in [0.2, 0.25) is 0 Å². The van der Waals surface area contributed by atoms with Crippen molar-refractivity contribution in [2.24, 2.45) is 0 Å². The Morgan fingerprint density at radius 2 is 1.36 bits per heavy atom. The average molecular weight is 507 g/mol. The van der Waals surface area contributed by atoms with Crippen molar-refractivity contribution in [2.45, 2.75) is 4.90 Å². The molecule has 0 atom stereocenters. The molecule has 0 aliphatic carbocycles. The van der Waals surface area contributed by atoms with E-state index in [-0.39, 0.29) is 23.7 Å². The van der Waals surface area contributed by atoms with E-state index in [4.69, 9.17) is 14.6 Å². The Labute approximate surface area is 209 Å². The Balaban J connectivity index is 1.37. The van der Waals surface area contributed by atoms with E-state index in [1.165, 1.54) is 12.1 Å². The summed E-state index contributed by atoms with van der Waals surface area (Å²) in [4.78, 5) is 13.0. The zero-order valence-corrected chi connectivity index (χ0v) is 20.7. The van der Waals surface area contributed by atoms with E-state index < -0.39 is 16.0 Å². The van der Waals surface area contributed by atoms with Crippen LogP contribution < -0.4 is 19.1 Å². The maximum atomic E-state index is 13.2. The molecule has 2 N–H and O–H groups in total. The smallest absolute Gasteiger partial charge is 0.335 e. The second-order valence-electron chi connectivity index (χ2n) is 8.18. The highest BCUT2D eigenvalue weighted by atomic mass is 32.2. The van der Waals surface area contributed by atoms with Gasteiger partial charge >= 0.3 is 5.97 Å². The Morgan fingerprint density at radius 3 is 1.94 bits per heavy atom. The van der Waals surface area contributed by atoms with Crippen molar-refractivity contribution >= 4 is 38.1 Å². The topological polar surface area (TPSA) is 105 Å². The summed E-state index contributed by atoms with van der Waals surface area (Å²) in [5.74, 6) is 0.106. The van der Waals surface area contributed by atoms with Gasteiger partial charge in [0.25, 0.3) is 10.0 Å². The summed E-state index contributed by atoms with van der Waals surface area (Å²) in [5, 5.41) is 10.4. The van der Waals surface area contributed by atoms with E-state index in [0.717, 1.165) is 11.1 Å². The molecule has 0 amide bonds. The van der Waals surface area contributed by atoms with Gasteiger partial charge in [-0.25, -0.2) is 13.2 Å². The fourth-order valence-corrected chi connectivity index (χ4v) is 5.01. The predicted octanol–water partition coefficient (Wildman–Crippen LogP) is 4.86. The van der Waals surface area contributed by atoms with Gasteiger partial charge in [0.15, 0.2) is 0 Å². The molecule has 0 aliphatic heterocycles. The van der Waals surface area contributed by atoms with Crippen molar-refractivity contribution in [3.05, 3.63) is 90.5 Å². The monoisotopic (exact) mass is 506 g/mol. The van der Waals surface area contributed by atoms with Gasteiger partial charge in [-0.05, 0) is 60.7 Å². The zero-order valence-electron chi connectivity index (χ0n) is 19.8. The first kappa shape index (κ1) is 24.9. The van der Waals surface area contributed by atoms with Crippen molar-refractivity contribution in [1.82, 2.24) is 0 Å². The van der Waals surface area contributed by atoms with Crippen molar-refractivity contribution in [2.75, 3.05) is 36.9 Å². The molecule has 9 heteroatoms. The largest absolute Gasteiger partial charge is 0.490 e. The highest BCUT2D eigenvalue weighted by Gasteiger charge is 2.18. The number of carbonyl (C=O) groups is 1. The molecule has 0 heterocycles. The maximum absolute atomic E-state index is 13.2. The lowest BCUT2D eigenvalue weighted by Crippen LogP contribution is -2.14. The summed E-state index contributed by atoms with van der Waals surface area (Å²) >= 11 is 0. The molecule has 186 valence electrons. The fraction of sp³-hybridized carbons (Fsp3) is 0.148. The van der Waals surface area contributed by atoms with Crippen molar-refractivity contribution in [1.29, 1.82) is 0 Å². The SMILES string of the molecule is CN(C)c1cccc2c(S(=O)(=O)Nc3ccc(OCCOc4ccc(C(=O)O)cc4)cc3)cccc12. The second kappa shape index (κ2) is 10.6. The number of sulfonamides is 1. The number of rotatable bonds is 10. The number of carboxylic acids is 1. The minimum absolute atomic E-state index is 0.188. The highest BCUT2D eigenvalue weighted by molar-refractivity contribution is 7.93. The van der Waals surface area contributed by atoms with Crippen LogP contribution in [-0.4, -0.2) is 46.8 Å². The number of ether oxygens (including phenoxy) is 2. The van der Waals surface area contributed by atoms with Crippen LogP contribution in [0.1, 0.15) is 10.4 Å². The number of nitrogens with zero attached hydrogens (tertiary/aromatic N) is 1. The number of benzene rings is 4. The van der Waals surface area contributed by atoms with Crippen molar-refractivity contribution < 1.29 is 27.8 Å². The molecule has 0 aliphatic rings. The lowest BCUT2D eigenvalue weighted by molar-refractivity contribution is 0.0696. The van der Waals surface area contributed by atoms with Crippen LogP contribution >= 0.6 is 0 Å². The molecule has 0 radical (unpaired) electrons. The van der Waals surface area contributed by atoms with Crippen LogP contribution in [0.15, 0.2) is 89.8 Å². The van der Waals surface area contributed by atoms with Crippen LogP contribution in [0.5, 0.6) is 11.5 Å². The molecule has 0 unspecified atom stereocenters. The first-order chi connectivity index (χ1) is 17.2. The average Bonchev–Trinajstić information content (AvgIpc) is 2.86. The molecule has 8 nitrogen and oxygen atoms in total. The van der Waals surface area contributed by atoms with Gasteiger partial charge in [0, 0.05) is 36.2 Å². The molecule has 0 bridgehead atoms. The molecular formula is C27H26N2O6S. The summed E-state index contributed by atoms with van der Waals surface area (Å²) in [6, 6.07) is 23.6.